The molecule has 0 saturated heterocycles. The van der Waals surface area contributed by atoms with E-state index in [1.807, 2.05) is 0 Å². The van der Waals surface area contributed by atoms with Crippen LogP contribution in [-0.2, 0) is 32.0 Å². The Bertz CT molecular complexity index is 1170. The fourth-order valence-electron chi connectivity index (χ4n) is 3.73. The van der Waals surface area contributed by atoms with Crippen LogP contribution < -0.4 is 33.2 Å². The molecule has 0 aliphatic rings. The molecule has 0 aliphatic carbocycles. The highest BCUT2D eigenvalue weighted by Crippen LogP contribution is 2.12. The minimum Gasteiger partial charge on any atom is -0.508 e. The Labute approximate surface area is 232 Å². The Morgan fingerprint density at radius 1 is 0.825 bits per heavy atom. The molecule has 2 aromatic carbocycles. The van der Waals surface area contributed by atoms with Gasteiger partial charge in [0.2, 0.25) is 17.7 Å². The summed E-state index contributed by atoms with van der Waals surface area (Å²) in [6, 6.07) is 10.5. The van der Waals surface area contributed by atoms with Crippen LogP contribution in [0.25, 0.3) is 0 Å². The lowest BCUT2D eigenvalue weighted by Gasteiger charge is -2.24. The SMILES string of the molecule is C[C@@H](NC(=O)[C@@H](N)CCCN=C(N)N)C(=O)N[C@@H](Cc1ccccc1)C(=O)N[C@@H](Cc1ccc(O)cc1)C(=O)O. The van der Waals surface area contributed by atoms with Crippen molar-refractivity contribution in [2.75, 3.05) is 6.54 Å². The van der Waals surface area contributed by atoms with E-state index in [4.69, 9.17) is 17.2 Å². The summed E-state index contributed by atoms with van der Waals surface area (Å²) in [6.07, 6.45) is 0.782. The van der Waals surface area contributed by atoms with Crippen molar-refractivity contribution in [2.45, 2.75) is 56.8 Å². The number of phenolic OH excluding ortho intramolecular Hbond substituents is 1. The number of hydrogen-bond acceptors (Lipinski definition) is 7. The van der Waals surface area contributed by atoms with Crippen LogP contribution in [0.5, 0.6) is 5.75 Å². The molecule has 216 valence electrons. The second-order valence-electron chi connectivity index (χ2n) is 9.31. The molecule has 0 unspecified atom stereocenters. The van der Waals surface area contributed by atoms with Crippen molar-refractivity contribution in [3.05, 3.63) is 65.7 Å². The quantitative estimate of drug-likeness (QED) is 0.0772. The third-order valence-corrected chi connectivity index (χ3v) is 5.96. The van der Waals surface area contributed by atoms with Gasteiger partial charge in [-0.15, -0.1) is 0 Å². The Kier molecular flexibility index (Phi) is 12.4. The van der Waals surface area contributed by atoms with Gasteiger partial charge in [-0.25, -0.2) is 4.79 Å². The van der Waals surface area contributed by atoms with E-state index in [1.54, 1.807) is 42.5 Å². The first-order valence-corrected chi connectivity index (χ1v) is 12.7. The monoisotopic (exact) mass is 555 g/mol. The maximum atomic E-state index is 13.2. The maximum Gasteiger partial charge on any atom is 0.326 e. The van der Waals surface area contributed by atoms with Crippen LogP contribution in [0.1, 0.15) is 30.9 Å². The van der Waals surface area contributed by atoms with Gasteiger partial charge in [-0.3, -0.25) is 19.4 Å². The van der Waals surface area contributed by atoms with Crippen LogP contribution in [0.3, 0.4) is 0 Å². The van der Waals surface area contributed by atoms with Crippen LogP contribution >= 0.6 is 0 Å². The molecule has 2 rings (SSSR count). The maximum absolute atomic E-state index is 13.2. The smallest absolute Gasteiger partial charge is 0.326 e. The Balaban J connectivity index is 2.07. The fourth-order valence-corrected chi connectivity index (χ4v) is 3.73. The summed E-state index contributed by atoms with van der Waals surface area (Å²) in [5.41, 5.74) is 17.7. The number of aliphatic imine (C=N–C) groups is 1. The zero-order valence-electron chi connectivity index (χ0n) is 22.2. The molecule has 0 aliphatic heterocycles. The van der Waals surface area contributed by atoms with Crippen LogP contribution in [0.2, 0.25) is 0 Å². The van der Waals surface area contributed by atoms with Crippen LogP contribution in [-0.4, -0.2) is 70.6 Å². The highest BCUT2D eigenvalue weighted by molar-refractivity contribution is 5.94. The van der Waals surface area contributed by atoms with Gasteiger partial charge in [-0.1, -0.05) is 42.5 Å². The van der Waals surface area contributed by atoms with Crippen molar-refractivity contribution in [3.8, 4) is 5.75 Å². The summed E-state index contributed by atoms with van der Waals surface area (Å²) < 4.78 is 0. The van der Waals surface area contributed by atoms with Gasteiger partial charge in [0.1, 0.15) is 23.9 Å². The molecule has 3 amide bonds. The van der Waals surface area contributed by atoms with Gasteiger partial charge in [0.25, 0.3) is 0 Å². The molecule has 0 heterocycles. The van der Waals surface area contributed by atoms with Crippen molar-refractivity contribution in [1.29, 1.82) is 0 Å². The number of rotatable bonds is 15. The van der Waals surface area contributed by atoms with Crippen LogP contribution in [0.15, 0.2) is 59.6 Å². The lowest BCUT2D eigenvalue weighted by atomic mass is 10.0. The van der Waals surface area contributed by atoms with Crippen molar-refractivity contribution in [2.24, 2.45) is 22.2 Å². The van der Waals surface area contributed by atoms with Crippen LogP contribution in [0.4, 0.5) is 0 Å². The van der Waals surface area contributed by atoms with Crippen molar-refractivity contribution in [3.63, 3.8) is 0 Å². The van der Waals surface area contributed by atoms with E-state index in [1.165, 1.54) is 19.1 Å². The van der Waals surface area contributed by atoms with E-state index in [0.717, 1.165) is 5.56 Å². The number of phenols is 1. The number of carboxylic acid groups (broad SMARTS) is 1. The largest absolute Gasteiger partial charge is 0.508 e. The topological polar surface area (TPSA) is 235 Å². The number of carboxylic acids is 1. The molecule has 0 spiro atoms. The Morgan fingerprint density at radius 2 is 1.40 bits per heavy atom. The fraction of sp³-hybridized carbons (Fsp3) is 0.370. The van der Waals surface area contributed by atoms with Gasteiger partial charge in [0, 0.05) is 19.4 Å². The first kappa shape index (κ1) is 31.6. The summed E-state index contributed by atoms with van der Waals surface area (Å²) in [5.74, 6) is -3.22. The van der Waals surface area contributed by atoms with Gasteiger partial charge < -0.3 is 43.4 Å². The number of guanidine groups is 1. The molecule has 13 heteroatoms. The normalized spacial score (nSPS) is 13.7. The van der Waals surface area contributed by atoms with E-state index in [-0.39, 0.29) is 31.0 Å². The highest BCUT2D eigenvalue weighted by atomic mass is 16.4. The van der Waals surface area contributed by atoms with Crippen molar-refractivity contribution >= 4 is 29.7 Å². The average molecular weight is 556 g/mol. The summed E-state index contributed by atoms with van der Waals surface area (Å²) >= 11 is 0. The van der Waals surface area contributed by atoms with Gasteiger partial charge >= 0.3 is 5.97 Å². The number of carbonyl (C=O) groups excluding carboxylic acids is 3. The molecule has 13 nitrogen and oxygen atoms in total. The van der Waals surface area contributed by atoms with Crippen molar-refractivity contribution in [1.82, 2.24) is 16.0 Å². The molecule has 4 atom stereocenters. The summed E-state index contributed by atoms with van der Waals surface area (Å²) in [6.45, 7) is 1.75. The van der Waals surface area contributed by atoms with Gasteiger partial charge in [0.05, 0.1) is 6.04 Å². The van der Waals surface area contributed by atoms with E-state index in [9.17, 15) is 29.4 Å². The van der Waals surface area contributed by atoms with E-state index < -0.39 is 47.9 Å². The molecular formula is C27H37N7O6. The number of hydrogen-bond donors (Lipinski definition) is 8. The minimum atomic E-state index is -1.29. The van der Waals surface area contributed by atoms with E-state index in [2.05, 4.69) is 20.9 Å². The van der Waals surface area contributed by atoms with E-state index in [0.29, 0.717) is 18.5 Å². The number of nitrogens with one attached hydrogen (secondary N) is 3. The second kappa shape index (κ2) is 15.7. The minimum absolute atomic E-state index is 0.0263. The number of carbonyl (C=O) groups is 4. The third-order valence-electron chi connectivity index (χ3n) is 5.96. The highest BCUT2D eigenvalue weighted by Gasteiger charge is 2.29. The Morgan fingerprint density at radius 3 is 2.00 bits per heavy atom. The molecule has 40 heavy (non-hydrogen) atoms. The number of aromatic hydroxyl groups is 1. The number of benzene rings is 2. The predicted molar refractivity (Wildman–Crippen MR) is 149 cm³/mol. The lowest BCUT2D eigenvalue weighted by Crippen LogP contribution is -2.57. The summed E-state index contributed by atoms with van der Waals surface area (Å²) in [7, 11) is 0. The molecule has 2 aromatic rings. The molecule has 0 bridgehead atoms. The zero-order chi connectivity index (χ0) is 29.7. The summed E-state index contributed by atoms with van der Waals surface area (Å²) in [4.78, 5) is 54.3. The molecule has 0 saturated carbocycles. The third kappa shape index (κ3) is 11.0. The number of nitrogens with two attached hydrogens (primary N) is 3. The van der Waals surface area contributed by atoms with E-state index >= 15 is 0 Å². The number of nitrogens with zero attached hydrogens (tertiary/aromatic N) is 1. The van der Waals surface area contributed by atoms with Gasteiger partial charge in [0.15, 0.2) is 5.96 Å². The molecular weight excluding hydrogens is 518 g/mol. The predicted octanol–water partition coefficient (Wildman–Crippen LogP) is -0.883. The van der Waals surface area contributed by atoms with Crippen molar-refractivity contribution < 1.29 is 29.4 Å². The van der Waals surface area contributed by atoms with Gasteiger partial charge in [-0.05, 0) is 43.0 Å². The summed E-state index contributed by atoms with van der Waals surface area (Å²) in [5, 5.41) is 26.8. The standard InChI is InChI=1S/C27H37N7O6/c1-16(32-24(37)20(28)8-5-13-31-27(29)30)23(36)33-21(14-17-6-3-2-4-7-17)25(38)34-22(26(39)40)15-18-9-11-19(35)12-10-18/h2-4,6-7,9-12,16,20-22,35H,5,8,13-15,28H2,1H3,(H,32,37)(H,33,36)(H,34,38)(H,39,40)(H4,29,30,31)/t16-,20+,21+,22+/m1/s1. The molecule has 11 N–H and O–H groups in total. The molecule has 0 aromatic heterocycles. The molecule has 0 fully saturated rings. The second-order valence-corrected chi connectivity index (χ2v) is 9.31. The number of amides is 3. The first-order chi connectivity index (χ1) is 19.0. The van der Waals surface area contributed by atoms with Crippen LogP contribution in [0, 0.1) is 0 Å². The average Bonchev–Trinajstić information content (AvgIpc) is 2.91. The van der Waals surface area contributed by atoms with Gasteiger partial charge in [-0.2, -0.15) is 0 Å². The first-order valence-electron chi connectivity index (χ1n) is 12.7. The lowest BCUT2D eigenvalue weighted by molar-refractivity contribution is -0.142. The zero-order valence-corrected chi connectivity index (χ0v) is 22.2. The molecule has 0 radical (unpaired) electrons. The number of aliphatic carboxylic acids is 1. The Hall–Kier alpha value is -4.65.